The van der Waals surface area contributed by atoms with Gasteiger partial charge >= 0.3 is 0 Å². The lowest BCUT2D eigenvalue weighted by atomic mass is 9.94. The molecule has 12 heteroatoms. The van der Waals surface area contributed by atoms with Crippen LogP contribution in [-0.4, -0.2) is 59.5 Å². The van der Waals surface area contributed by atoms with Gasteiger partial charge in [0.1, 0.15) is 5.39 Å². The number of benzene rings is 1. The van der Waals surface area contributed by atoms with E-state index >= 15 is 0 Å². The number of aromatic nitrogens is 5. The fourth-order valence-electron chi connectivity index (χ4n) is 4.68. The number of pyridine rings is 1. The number of rotatable bonds is 6. The Morgan fingerprint density at radius 3 is 2.79 bits per heavy atom. The predicted octanol–water partition coefficient (Wildman–Crippen LogP) is 3.70. The number of allylic oxidation sites excluding steroid dienone is 1. The third-order valence-corrected chi connectivity index (χ3v) is 6.93. The number of nitrogens with zero attached hydrogens (tertiary/aromatic N) is 7. The molecule has 0 aliphatic carbocycles. The second-order valence-electron chi connectivity index (χ2n) is 9.71. The van der Waals surface area contributed by atoms with Crippen LogP contribution in [0, 0.1) is 12.7 Å². The highest BCUT2D eigenvalue weighted by molar-refractivity contribution is 7.92. The number of aryl methyl sites for hydroxylation is 1. The minimum atomic E-state index is -2.67. The summed E-state index contributed by atoms with van der Waals surface area (Å²) in [7, 11) is -0.570. The Morgan fingerprint density at radius 2 is 2.05 bits per heavy atom. The van der Waals surface area contributed by atoms with Crippen molar-refractivity contribution < 1.29 is 8.60 Å². The van der Waals surface area contributed by atoms with Gasteiger partial charge in [0.2, 0.25) is 5.95 Å². The molecular weight excluding hydrogens is 507 g/mol. The lowest BCUT2D eigenvalue weighted by Gasteiger charge is -2.27. The first-order chi connectivity index (χ1) is 18.0. The number of halogens is 1. The van der Waals surface area contributed by atoms with E-state index in [2.05, 4.69) is 62.2 Å². The maximum Gasteiger partial charge on any atom is 0.278 e. The number of likely N-dealkylation sites (N-methyl/N-ethyl adjacent to an activating group) is 1. The zero-order valence-corrected chi connectivity index (χ0v) is 22.5. The highest BCUT2D eigenvalue weighted by Crippen LogP contribution is 2.28. The predicted molar refractivity (Wildman–Crippen MR) is 148 cm³/mol. The Hall–Kier alpha value is -3.90. The molecule has 1 N–H and O–H groups in total. The van der Waals surface area contributed by atoms with Crippen molar-refractivity contribution in [3.63, 3.8) is 0 Å². The summed E-state index contributed by atoms with van der Waals surface area (Å²) in [6, 6.07) is 6.76. The Kier molecular flexibility index (Phi) is 6.61. The van der Waals surface area contributed by atoms with Crippen molar-refractivity contribution in [2.75, 3.05) is 31.4 Å². The average molecular weight is 537 g/mol. The number of hydrogen-bond acceptors (Lipinski definition) is 8. The van der Waals surface area contributed by atoms with Crippen molar-refractivity contribution in [2.24, 2.45) is 4.36 Å². The Bertz CT molecular complexity index is 1760. The molecule has 0 radical (unpaired) electrons. The molecule has 38 heavy (non-hydrogen) atoms. The van der Waals surface area contributed by atoms with Gasteiger partial charge < -0.3 is 10.2 Å². The van der Waals surface area contributed by atoms with Crippen LogP contribution in [0.4, 0.5) is 21.8 Å². The van der Waals surface area contributed by atoms with Gasteiger partial charge in [0.05, 0.1) is 6.54 Å². The molecule has 0 atom stereocenters. The van der Waals surface area contributed by atoms with Crippen LogP contribution < -0.4 is 10.9 Å². The fraction of sp³-hybridized carbons (Fsp3) is 0.308. The Balaban J connectivity index is 1.64. The van der Waals surface area contributed by atoms with Crippen molar-refractivity contribution in [2.45, 2.75) is 26.4 Å². The Morgan fingerprint density at radius 1 is 1.26 bits per heavy atom. The number of anilines is 2. The van der Waals surface area contributed by atoms with Crippen LogP contribution in [0.2, 0.25) is 0 Å². The quantitative estimate of drug-likeness (QED) is 0.374. The van der Waals surface area contributed by atoms with E-state index in [9.17, 15) is 13.4 Å². The molecule has 1 aliphatic heterocycles. The van der Waals surface area contributed by atoms with Crippen LogP contribution in [0.15, 0.2) is 52.3 Å². The molecular formula is C26H29FN8O2S. The molecule has 0 amide bonds. The minimum Gasteiger partial charge on any atom is -0.324 e. The smallest absolute Gasteiger partial charge is 0.278 e. The summed E-state index contributed by atoms with van der Waals surface area (Å²) in [5.41, 5.74) is 4.60. The molecule has 0 spiro atoms. The number of fused-ring (bicyclic) bond motifs is 2. The fourth-order valence-corrected chi connectivity index (χ4v) is 5.23. The summed E-state index contributed by atoms with van der Waals surface area (Å²) < 4.78 is 33.5. The zero-order chi connectivity index (χ0) is 27.2. The molecule has 1 aliphatic rings. The van der Waals surface area contributed by atoms with E-state index in [1.165, 1.54) is 56.9 Å². The van der Waals surface area contributed by atoms with E-state index in [0.717, 1.165) is 25.2 Å². The molecule has 0 saturated heterocycles. The van der Waals surface area contributed by atoms with Crippen molar-refractivity contribution >= 4 is 38.2 Å². The van der Waals surface area contributed by atoms with Gasteiger partial charge in [0.15, 0.2) is 23.1 Å². The summed E-state index contributed by atoms with van der Waals surface area (Å²) in [5, 5.41) is 3.53. The van der Waals surface area contributed by atoms with Crippen LogP contribution >= 0.6 is 0 Å². The molecule has 10 nitrogen and oxygen atoms in total. The number of hydrogen-bond donors (Lipinski definition) is 1. The van der Waals surface area contributed by atoms with Crippen molar-refractivity contribution in [3.05, 3.63) is 76.0 Å². The van der Waals surface area contributed by atoms with Crippen LogP contribution in [0.3, 0.4) is 0 Å². The SMILES string of the molecule is C=CCn1c(=O)c2cnc(Nc3cc(C)c4c(c3)CN(C)CC4)nc2n1-c1ccc(F)c(N=S(C)(C)=O)n1. The summed E-state index contributed by atoms with van der Waals surface area (Å²) in [6.45, 7) is 7.88. The van der Waals surface area contributed by atoms with E-state index in [0.29, 0.717) is 5.95 Å². The molecule has 198 valence electrons. The second-order valence-corrected chi connectivity index (χ2v) is 12.3. The molecule has 4 heterocycles. The van der Waals surface area contributed by atoms with Gasteiger partial charge in [-0.25, -0.2) is 27.9 Å². The second kappa shape index (κ2) is 9.76. The monoisotopic (exact) mass is 536 g/mol. The number of nitrogens with one attached hydrogen (secondary N) is 1. The van der Waals surface area contributed by atoms with Gasteiger partial charge in [-0.15, -0.1) is 6.58 Å². The molecule has 0 saturated carbocycles. The lowest BCUT2D eigenvalue weighted by Crippen LogP contribution is -2.27. The first-order valence-corrected chi connectivity index (χ1v) is 14.4. The molecule has 5 rings (SSSR count). The van der Waals surface area contributed by atoms with E-state index in [1.807, 2.05) is 0 Å². The molecule has 3 aromatic heterocycles. The van der Waals surface area contributed by atoms with Gasteiger partial charge in [-0.3, -0.25) is 4.79 Å². The third kappa shape index (κ3) is 4.96. The van der Waals surface area contributed by atoms with Crippen molar-refractivity contribution in [1.82, 2.24) is 29.2 Å². The molecule has 0 bridgehead atoms. The first kappa shape index (κ1) is 25.7. The maximum absolute atomic E-state index is 14.5. The minimum absolute atomic E-state index is 0.152. The van der Waals surface area contributed by atoms with Gasteiger partial charge in [0, 0.05) is 47.2 Å². The highest BCUT2D eigenvalue weighted by atomic mass is 32.2. The largest absolute Gasteiger partial charge is 0.324 e. The maximum atomic E-state index is 14.5. The van der Waals surface area contributed by atoms with E-state index < -0.39 is 15.5 Å². The molecule has 4 aromatic rings. The van der Waals surface area contributed by atoms with Crippen LogP contribution in [0.5, 0.6) is 0 Å². The van der Waals surface area contributed by atoms with Gasteiger partial charge in [0.25, 0.3) is 5.56 Å². The highest BCUT2D eigenvalue weighted by Gasteiger charge is 2.20. The molecule has 0 unspecified atom stereocenters. The van der Waals surface area contributed by atoms with E-state index in [1.54, 1.807) is 6.08 Å². The normalized spacial score (nSPS) is 13.9. The first-order valence-electron chi connectivity index (χ1n) is 12.1. The summed E-state index contributed by atoms with van der Waals surface area (Å²) >= 11 is 0. The van der Waals surface area contributed by atoms with Crippen molar-refractivity contribution in [3.8, 4) is 5.82 Å². The van der Waals surface area contributed by atoms with Gasteiger partial charge in [-0.05, 0) is 61.3 Å². The molecule has 1 aromatic carbocycles. The molecule has 0 fully saturated rings. The lowest BCUT2D eigenvalue weighted by molar-refractivity contribution is 0.312. The Labute approximate surface area is 220 Å². The van der Waals surface area contributed by atoms with Crippen LogP contribution in [-0.2, 0) is 29.2 Å². The van der Waals surface area contributed by atoms with Gasteiger partial charge in [-0.2, -0.15) is 9.35 Å². The summed E-state index contributed by atoms with van der Waals surface area (Å²) in [5.74, 6) is -0.536. The average Bonchev–Trinajstić information content (AvgIpc) is 3.10. The summed E-state index contributed by atoms with van der Waals surface area (Å²) in [4.78, 5) is 28.8. The standard InChI is InChI=1S/C26H29FN8O2S/c1-6-10-34-25(36)20-14-28-26(29-18-12-16(2)19-9-11-33(3)15-17(19)13-18)31-24(20)35(34)22-8-7-21(27)23(30-22)32-38(4,5)37/h6-8,12-14H,1,9-11,15H2,2-5H3,(H,28,29,31). The van der Waals surface area contributed by atoms with Crippen LogP contribution in [0.1, 0.15) is 16.7 Å². The van der Waals surface area contributed by atoms with Gasteiger partial charge in [-0.1, -0.05) is 6.08 Å². The zero-order valence-electron chi connectivity index (χ0n) is 21.7. The summed E-state index contributed by atoms with van der Waals surface area (Å²) in [6.07, 6.45) is 6.82. The topological polar surface area (TPSA) is 110 Å². The van der Waals surface area contributed by atoms with E-state index in [4.69, 9.17) is 0 Å². The van der Waals surface area contributed by atoms with Crippen LogP contribution in [0.25, 0.3) is 16.9 Å². The van der Waals surface area contributed by atoms with Crippen molar-refractivity contribution in [1.29, 1.82) is 0 Å². The third-order valence-electron chi connectivity index (χ3n) is 6.32. The van der Waals surface area contributed by atoms with E-state index in [-0.39, 0.29) is 34.8 Å².